The lowest BCUT2D eigenvalue weighted by molar-refractivity contribution is -0.199. The van der Waals surface area contributed by atoms with Crippen LogP contribution in [0.1, 0.15) is 96.2 Å². The molecule has 1 aromatic heterocycles. The summed E-state index contributed by atoms with van der Waals surface area (Å²) in [5.41, 5.74) is 1.37. The molecular formula is C38H50BN5O5. The summed E-state index contributed by atoms with van der Waals surface area (Å²) < 4.78 is 15.3. The zero-order valence-electron chi connectivity index (χ0n) is 29.9. The van der Waals surface area contributed by atoms with Crippen LogP contribution in [0.3, 0.4) is 0 Å². The number of carbonyl (C=O) groups is 2. The van der Waals surface area contributed by atoms with Crippen molar-refractivity contribution >= 4 is 35.5 Å². The van der Waals surface area contributed by atoms with Gasteiger partial charge in [-0.05, 0) is 74.8 Å². The predicted octanol–water partition coefficient (Wildman–Crippen LogP) is 5.90. The van der Waals surface area contributed by atoms with Crippen LogP contribution >= 0.6 is 0 Å². The van der Waals surface area contributed by atoms with Crippen molar-refractivity contribution in [1.82, 2.24) is 20.4 Å². The van der Waals surface area contributed by atoms with E-state index in [2.05, 4.69) is 55.5 Å². The maximum atomic E-state index is 14.5. The molecule has 5 aliphatic rings. The lowest BCUT2D eigenvalue weighted by Crippen LogP contribution is -2.65. The van der Waals surface area contributed by atoms with E-state index in [4.69, 9.17) is 14.1 Å². The van der Waals surface area contributed by atoms with Gasteiger partial charge in [0.05, 0.1) is 35.4 Å². The Hall–Kier alpha value is -3.70. The summed E-state index contributed by atoms with van der Waals surface area (Å²) in [6.45, 7) is 15.4. The third kappa shape index (κ3) is 5.96. The normalized spacial score (nSPS) is 29.0. The molecule has 8 rings (SSSR count). The van der Waals surface area contributed by atoms with Crippen LogP contribution in [0, 0.1) is 23.2 Å². The maximum Gasteiger partial charge on any atom is 0.481 e. The number of aromatic nitrogens is 2. The van der Waals surface area contributed by atoms with Crippen molar-refractivity contribution in [2.75, 3.05) is 6.54 Å². The maximum absolute atomic E-state index is 14.5. The first-order valence-electron chi connectivity index (χ1n) is 18.0. The van der Waals surface area contributed by atoms with Crippen molar-refractivity contribution < 1.29 is 23.7 Å². The minimum absolute atomic E-state index is 0.0180. The Labute approximate surface area is 289 Å². The molecule has 2 aliphatic heterocycles. The predicted molar refractivity (Wildman–Crippen MR) is 190 cm³/mol. The van der Waals surface area contributed by atoms with Crippen LogP contribution in [-0.2, 0) is 25.4 Å². The minimum atomic E-state index is -1.29. The Bertz CT molecular complexity index is 1760. The van der Waals surface area contributed by atoms with Crippen molar-refractivity contribution in [2.45, 2.75) is 110 Å². The Morgan fingerprint density at radius 3 is 2.47 bits per heavy atom. The summed E-state index contributed by atoms with van der Waals surface area (Å²) in [6, 6.07) is 17.7. The van der Waals surface area contributed by atoms with Gasteiger partial charge in [0.25, 0.3) is 11.8 Å². The Morgan fingerprint density at radius 1 is 1.02 bits per heavy atom. The third-order valence-corrected chi connectivity index (χ3v) is 11.7. The summed E-state index contributed by atoms with van der Waals surface area (Å²) >= 11 is 0. The number of nitrogens with one attached hydrogen (secondary N) is 2. The molecule has 1 unspecified atom stereocenters. The van der Waals surface area contributed by atoms with Gasteiger partial charge in [-0.15, -0.1) is 0 Å². The van der Waals surface area contributed by atoms with Crippen molar-refractivity contribution in [2.24, 2.45) is 28.3 Å². The summed E-state index contributed by atoms with van der Waals surface area (Å²) in [7, 11) is -0.549. The van der Waals surface area contributed by atoms with E-state index in [0.717, 1.165) is 29.3 Å². The van der Waals surface area contributed by atoms with Crippen LogP contribution in [0.4, 0.5) is 0 Å². The molecule has 1 saturated heterocycles. The second-order valence-corrected chi connectivity index (χ2v) is 16.2. The summed E-state index contributed by atoms with van der Waals surface area (Å²) in [5.74, 6) is 0.440. The van der Waals surface area contributed by atoms with Gasteiger partial charge in [-0.2, -0.15) is 5.10 Å². The van der Waals surface area contributed by atoms with E-state index in [9.17, 15) is 9.59 Å². The zero-order chi connectivity index (χ0) is 34.7. The fourth-order valence-electron chi connectivity index (χ4n) is 8.90. The molecule has 3 heterocycles. The number of hydrogen-bond donors (Lipinski definition) is 2. The van der Waals surface area contributed by atoms with Crippen molar-refractivity contribution in [3.63, 3.8) is 0 Å². The molecule has 49 heavy (non-hydrogen) atoms. The fraction of sp³-hybridized carbons (Fsp3) is 0.579. The van der Waals surface area contributed by atoms with Gasteiger partial charge in [0.15, 0.2) is 5.69 Å². The summed E-state index contributed by atoms with van der Waals surface area (Å²) in [4.78, 5) is 34.0. The monoisotopic (exact) mass is 667 g/mol. The van der Waals surface area contributed by atoms with Crippen LogP contribution < -0.4 is 10.6 Å². The number of fused-ring (bicyclic) bond motifs is 1. The number of hydrogen-bond acceptors (Lipinski definition) is 7. The Morgan fingerprint density at radius 2 is 1.76 bits per heavy atom. The van der Waals surface area contributed by atoms with Crippen molar-refractivity contribution in [1.29, 1.82) is 0 Å². The van der Waals surface area contributed by atoms with Gasteiger partial charge < -0.3 is 24.8 Å². The number of rotatable bonds is 11. The number of carbonyl (C=O) groups excluding carboxylic acids is 2. The Balaban J connectivity index is 1.08. The van der Waals surface area contributed by atoms with Crippen molar-refractivity contribution in [3.8, 4) is 0 Å². The number of oxime groups is 1. The van der Waals surface area contributed by atoms with Gasteiger partial charge in [0.1, 0.15) is 0 Å². The average molecular weight is 668 g/mol. The molecule has 2 aromatic carbocycles. The molecule has 0 radical (unpaired) electrons. The number of amides is 2. The highest BCUT2D eigenvalue weighted by atomic mass is 16.7. The summed E-state index contributed by atoms with van der Waals surface area (Å²) in [6.07, 6.45) is 3.41. The van der Waals surface area contributed by atoms with Gasteiger partial charge in [-0.1, -0.05) is 81.4 Å². The van der Waals surface area contributed by atoms with Gasteiger partial charge in [-0.3, -0.25) is 14.3 Å². The van der Waals surface area contributed by atoms with E-state index < -0.39 is 12.7 Å². The van der Waals surface area contributed by atoms with Gasteiger partial charge in [0.2, 0.25) is 5.60 Å². The number of nitrogens with zero attached hydrogens (tertiary/aromatic N) is 3. The van der Waals surface area contributed by atoms with Gasteiger partial charge >= 0.3 is 7.12 Å². The Kier molecular flexibility index (Phi) is 8.67. The van der Waals surface area contributed by atoms with Crippen LogP contribution in [0.25, 0.3) is 10.9 Å². The van der Waals surface area contributed by atoms with Crippen molar-refractivity contribution in [3.05, 3.63) is 65.9 Å². The quantitative estimate of drug-likeness (QED) is 0.246. The molecule has 6 atom stereocenters. The van der Waals surface area contributed by atoms with Crippen LogP contribution in [-0.4, -0.2) is 64.2 Å². The van der Waals surface area contributed by atoms with E-state index in [1.165, 1.54) is 0 Å². The van der Waals surface area contributed by atoms with Gasteiger partial charge in [-0.25, -0.2) is 0 Å². The molecule has 4 fully saturated rings. The summed E-state index contributed by atoms with van der Waals surface area (Å²) in [5, 5.41) is 16.1. The van der Waals surface area contributed by atoms with E-state index in [1.807, 2.05) is 73.1 Å². The molecule has 3 aromatic rings. The zero-order valence-corrected chi connectivity index (χ0v) is 29.9. The molecule has 2 amide bonds. The largest absolute Gasteiger partial charge is 0.481 e. The molecule has 260 valence electrons. The van der Waals surface area contributed by atoms with Gasteiger partial charge in [0, 0.05) is 24.3 Å². The van der Waals surface area contributed by atoms with E-state index in [-0.39, 0.29) is 53.9 Å². The first-order valence-corrected chi connectivity index (χ1v) is 18.0. The highest BCUT2D eigenvalue weighted by molar-refractivity contribution is 6.48. The SMILES string of the molecule is CC(C)C[C@H](NC(=O)C1(Cc2ccccc2)CC(CNC(=O)c2nn(C(C)C)c3ccccc23)=NO1)B1O[C@@H]2C[C@@H]3C[C@@H](C3(C)C)[C@]2(C)O1. The van der Waals surface area contributed by atoms with E-state index in [0.29, 0.717) is 42.0 Å². The molecule has 11 heteroatoms. The van der Waals surface area contributed by atoms with E-state index >= 15 is 0 Å². The number of para-hydroxylation sites is 1. The highest BCUT2D eigenvalue weighted by Crippen LogP contribution is 2.65. The van der Waals surface area contributed by atoms with E-state index in [1.54, 1.807) is 0 Å². The average Bonchev–Trinajstić information content (AvgIpc) is 3.77. The molecule has 10 nitrogen and oxygen atoms in total. The second-order valence-electron chi connectivity index (χ2n) is 16.2. The lowest BCUT2D eigenvalue weighted by Gasteiger charge is -2.64. The molecule has 2 N–H and O–H groups in total. The first-order chi connectivity index (χ1) is 23.3. The molecule has 3 saturated carbocycles. The second kappa shape index (κ2) is 12.6. The number of benzene rings is 2. The topological polar surface area (TPSA) is 116 Å². The molecule has 0 spiro atoms. The third-order valence-electron chi connectivity index (χ3n) is 11.7. The molecular weight excluding hydrogens is 617 g/mol. The van der Waals surface area contributed by atoms with Crippen LogP contribution in [0.5, 0.6) is 0 Å². The first kappa shape index (κ1) is 33.8. The molecule has 3 aliphatic carbocycles. The smallest absolute Gasteiger partial charge is 0.404 e. The van der Waals surface area contributed by atoms with Crippen LogP contribution in [0.2, 0.25) is 0 Å². The standard InChI is InChI=1S/C38H50BN5O5/c1-23(2)17-32(39-47-31-19-26-18-30(36(26,5)6)37(31,7)48-39)41-35(46)38(20-25-13-9-8-10-14-25)21-27(43-49-38)22-40-34(45)33-28-15-11-12-16-29(28)44(42-33)24(3)4/h8-16,23-24,26,30-32H,17-22H2,1-7H3,(H,40,45)(H,41,46)/t26-,30-,31+,32-,37-,38?/m0/s1. The highest BCUT2D eigenvalue weighted by Gasteiger charge is 2.68. The van der Waals surface area contributed by atoms with Crippen LogP contribution in [0.15, 0.2) is 59.8 Å². The lowest BCUT2D eigenvalue weighted by atomic mass is 9.43. The fourth-order valence-corrected chi connectivity index (χ4v) is 8.90. The molecule has 2 bridgehead atoms. The minimum Gasteiger partial charge on any atom is -0.404 e.